The minimum absolute atomic E-state index is 0. The van der Waals surface area contributed by atoms with Crippen LogP contribution in [0.3, 0.4) is 0 Å². The van der Waals surface area contributed by atoms with Crippen LogP contribution in [0.4, 0.5) is 34.1 Å². The molecule has 6 atom stereocenters. The number of Topliss-reactive ketones (excluding diaryl/α,β-unsaturated/α-hetero) is 6. The molecule has 7 N–H and O–H groups in total. The van der Waals surface area contributed by atoms with Gasteiger partial charge < -0.3 is 75.2 Å². The molecule has 37 heteroatoms. The predicted molar refractivity (Wildman–Crippen MR) is 415 cm³/mol. The second kappa shape index (κ2) is 42.7. The molecule has 0 aliphatic carbocycles. The molecule has 6 aromatic rings. The molecule has 0 spiro atoms. The Balaban J connectivity index is 0.000000270. The lowest BCUT2D eigenvalue weighted by molar-refractivity contribution is -0.139. The Morgan fingerprint density at radius 2 is 0.828 bits per heavy atom. The van der Waals surface area contributed by atoms with Crippen LogP contribution in [0, 0.1) is 0 Å². The number of ether oxygens (including phenoxy) is 1. The second-order valence-electron chi connectivity index (χ2n) is 26.0. The Labute approximate surface area is 667 Å². The van der Waals surface area contributed by atoms with Gasteiger partial charge in [0.1, 0.15) is 86.3 Å². The number of aliphatic hydroxyl groups is 1. The van der Waals surface area contributed by atoms with Crippen molar-refractivity contribution < 1.29 is 115 Å². The number of amides is 12. The van der Waals surface area contributed by atoms with E-state index < -0.39 is 157 Å². The van der Waals surface area contributed by atoms with Gasteiger partial charge in [-0.15, -0.1) is 0 Å². The molecule has 0 saturated carbocycles. The molecule has 0 radical (unpaired) electrons. The number of hydrogen-bond donors (Lipinski definition) is 7. The Morgan fingerprint density at radius 1 is 0.474 bits per heavy atom. The number of rotatable bonds is 30. The molecule has 0 saturated heterocycles. The molecule has 116 heavy (non-hydrogen) atoms. The lowest BCUT2D eigenvalue weighted by Gasteiger charge is -2.25. The first kappa shape index (κ1) is 91.0. The van der Waals surface area contributed by atoms with Gasteiger partial charge in [0.15, 0.2) is 5.76 Å². The number of carbonyl (C=O) groups is 21. The van der Waals surface area contributed by atoms with Crippen LogP contribution in [0.15, 0.2) is 144 Å². The monoisotopic (exact) mass is 1620 g/mol. The maximum Gasteiger partial charge on any atom is 0.296 e. The molecule has 0 fully saturated rings. The van der Waals surface area contributed by atoms with E-state index in [1.807, 2.05) is 0 Å². The Bertz CT molecular complexity index is 4800. The summed E-state index contributed by atoms with van der Waals surface area (Å²) in [5.41, 5.74) is 1.77. The Kier molecular flexibility index (Phi) is 33.5. The average molecular weight is 1620 g/mol. The number of aldehydes is 3. The van der Waals surface area contributed by atoms with Crippen LogP contribution in [0.2, 0.25) is 5.02 Å². The Morgan fingerprint density at radius 3 is 1.18 bits per heavy atom. The van der Waals surface area contributed by atoms with E-state index >= 15 is 0 Å². The highest BCUT2D eigenvalue weighted by Gasteiger charge is 2.42. The highest BCUT2D eigenvalue weighted by atomic mass is 35.5. The number of benzene rings is 5. The molecular formula is C79H83ClN12O24. The third-order valence-corrected chi connectivity index (χ3v) is 17.5. The van der Waals surface area contributed by atoms with E-state index in [1.54, 1.807) is 78.9 Å². The SMILES string of the molecule is C.CC(=O)C[C@@H](C=O)NC(=O)CN1C(=O)[C@@H](NC(=O)C(=O)Cc2ccc(Cl)cc2)CN(C(C)=O)c2ccccc21.CC(=O)C[C@@H](C=O)NC(=O)CN1C(=O)[C@@H](NC(=O)C(=O)c2ccco2)CN(C(C)=O)c2ccccc21.COc1ccccc1C(=O)C(=O)N[C@H]1CN(C(=O)CO)c2ccccc2N(CC(=O)N[C@H](C=O)CC(C)=O)C1=O. The van der Waals surface area contributed by atoms with Gasteiger partial charge in [0.25, 0.3) is 52.9 Å². The van der Waals surface area contributed by atoms with Crippen molar-refractivity contribution in [2.75, 3.05) is 82.4 Å². The number of nitrogens with zero attached hydrogens (tertiary/aromatic N) is 6. The van der Waals surface area contributed by atoms with Crippen molar-refractivity contribution in [3.63, 3.8) is 0 Å². The molecule has 3 aliphatic rings. The van der Waals surface area contributed by atoms with Crippen molar-refractivity contribution in [2.45, 2.75) is 104 Å². The third-order valence-electron chi connectivity index (χ3n) is 17.3. The van der Waals surface area contributed by atoms with Crippen LogP contribution in [0.5, 0.6) is 5.75 Å². The van der Waals surface area contributed by atoms with E-state index in [4.69, 9.17) is 20.8 Å². The van der Waals surface area contributed by atoms with Crippen LogP contribution in [0.1, 0.15) is 87.8 Å². The Hall–Kier alpha value is -13.9. The van der Waals surface area contributed by atoms with Crippen molar-refractivity contribution in [1.29, 1.82) is 0 Å². The molecule has 5 aromatic carbocycles. The van der Waals surface area contributed by atoms with E-state index in [9.17, 15) is 106 Å². The summed E-state index contributed by atoms with van der Waals surface area (Å²) >= 11 is 5.86. The number of ketones is 6. The zero-order chi connectivity index (χ0) is 84.5. The van der Waals surface area contributed by atoms with Gasteiger partial charge >= 0.3 is 0 Å². The molecule has 0 unspecified atom stereocenters. The molecule has 36 nitrogen and oxygen atoms in total. The van der Waals surface area contributed by atoms with Crippen LogP contribution in [-0.2, 0) is 97.5 Å². The van der Waals surface area contributed by atoms with Crippen molar-refractivity contribution in [3.05, 3.63) is 162 Å². The van der Waals surface area contributed by atoms with Crippen molar-refractivity contribution in [1.82, 2.24) is 31.9 Å². The van der Waals surface area contributed by atoms with Gasteiger partial charge in [0, 0.05) is 44.6 Å². The average Bonchev–Trinajstić information content (AvgIpc) is 1.64. The highest BCUT2D eigenvalue weighted by Crippen LogP contribution is 2.36. The normalized spacial score (nSPS) is 15.4. The summed E-state index contributed by atoms with van der Waals surface area (Å²) < 4.78 is 10.1. The van der Waals surface area contributed by atoms with Gasteiger partial charge in [-0.25, -0.2) is 0 Å². The number of anilines is 6. The van der Waals surface area contributed by atoms with Gasteiger partial charge in [-0.2, -0.15) is 0 Å². The smallest absolute Gasteiger partial charge is 0.296 e. The van der Waals surface area contributed by atoms with E-state index in [1.165, 1.54) is 112 Å². The molecule has 3 aliphatic heterocycles. The summed E-state index contributed by atoms with van der Waals surface area (Å²) in [6.07, 6.45) is 1.52. The quantitative estimate of drug-likeness (QED) is 0.0188. The minimum Gasteiger partial charge on any atom is -0.496 e. The van der Waals surface area contributed by atoms with Gasteiger partial charge in [0.05, 0.1) is 90.8 Å². The summed E-state index contributed by atoms with van der Waals surface area (Å²) in [4.78, 5) is 268. The number of para-hydroxylation sites is 7. The van der Waals surface area contributed by atoms with Crippen molar-refractivity contribution >= 4 is 170 Å². The number of aliphatic hydroxyl groups excluding tert-OH is 1. The van der Waals surface area contributed by atoms with Crippen LogP contribution in [0.25, 0.3) is 0 Å². The molecule has 610 valence electrons. The highest BCUT2D eigenvalue weighted by molar-refractivity contribution is 6.44. The van der Waals surface area contributed by atoms with Crippen LogP contribution in [-0.4, -0.2) is 219 Å². The molecule has 0 bridgehead atoms. The van der Waals surface area contributed by atoms with Gasteiger partial charge in [-0.05, 0) is 99.1 Å². The van der Waals surface area contributed by atoms with E-state index in [-0.39, 0.29) is 103 Å². The van der Waals surface area contributed by atoms with Crippen LogP contribution >= 0.6 is 11.6 Å². The fraction of sp³-hybridized carbons (Fsp3) is 0.304. The predicted octanol–water partition coefficient (Wildman–Crippen LogP) is 1.04. The summed E-state index contributed by atoms with van der Waals surface area (Å²) in [7, 11) is 1.32. The van der Waals surface area contributed by atoms with Gasteiger partial charge in [0.2, 0.25) is 35.3 Å². The van der Waals surface area contributed by atoms with Gasteiger partial charge in [-0.1, -0.05) is 79.7 Å². The van der Waals surface area contributed by atoms with E-state index in [2.05, 4.69) is 31.9 Å². The minimum atomic E-state index is -1.51. The number of furan rings is 1. The van der Waals surface area contributed by atoms with Crippen LogP contribution < -0.4 is 66.0 Å². The van der Waals surface area contributed by atoms with E-state index in [0.29, 0.717) is 40.8 Å². The fourth-order valence-corrected chi connectivity index (χ4v) is 12.2. The lowest BCUT2D eigenvalue weighted by Crippen LogP contribution is -2.56. The van der Waals surface area contributed by atoms with E-state index in [0.717, 1.165) is 19.6 Å². The first-order valence-electron chi connectivity index (χ1n) is 35.1. The van der Waals surface area contributed by atoms with Crippen molar-refractivity contribution in [2.24, 2.45) is 0 Å². The number of carbonyl (C=O) groups excluding carboxylic acids is 21. The molecule has 1 aromatic heterocycles. The number of halogens is 1. The first-order valence-corrected chi connectivity index (χ1v) is 35.5. The van der Waals surface area contributed by atoms with Crippen molar-refractivity contribution in [3.8, 4) is 5.75 Å². The largest absolute Gasteiger partial charge is 0.496 e. The molecule has 12 amide bonds. The first-order chi connectivity index (χ1) is 54.7. The van der Waals surface area contributed by atoms with Gasteiger partial charge in [-0.3, -0.25) is 101 Å². The zero-order valence-electron chi connectivity index (χ0n) is 62.7. The summed E-state index contributed by atoms with van der Waals surface area (Å²) in [5, 5.41) is 24.3. The summed E-state index contributed by atoms with van der Waals surface area (Å²) in [5.74, 6) is -13.6. The molecule has 9 rings (SSSR count). The third kappa shape index (κ3) is 24.3. The zero-order valence-corrected chi connectivity index (χ0v) is 63.4. The fourth-order valence-electron chi connectivity index (χ4n) is 12.0. The number of hydrogen-bond acceptors (Lipinski definition) is 24. The maximum atomic E-state index is 13.7. The maximum absolute atomic E-state index is 13.7. The molecule has 4 heterocycles. The number of methoxy groups -OCH3 is 1. The summed E-state index contributed by atoms with van der Waals surface area (Å²) in [6.45, 7) is 2.58. The standard InChI is InChI=1S/C27H27ClN4O7.C27H28N4O9.C24H24N4O8.CH4/c1-16(34)11-20(15-33)29-25(37)14-32-23-6-4-3-5-22(23)31(17(2)35)13-21(27(32)39)30-26(38)24(36)12-18-7-9-19(28)10-8-18;1-16(34)11-17(14-32)28-23(35)13-31-21-9-5-4-8-20(21)30(24(36)15-33)12-19(27(31)39)29-26(38)25(37)18-7-3-6-10-22(18)40-2;1-14(30)10-16(13-29)25-21(32)12-28-19-7-4-3-6-18(19)27(15(2)31)11-17(24(28)35)26-23(34)22(33)20-8-5-9-36-20;/h3-10,15,20-21H,11-14H2,1-2H3,(H,29,37)(H,30,38);3-10,14,17,19,33H,11-13,15H2,1-2H3,(H,28,35)(H,29,38);3-9,13,16-17H,10-12H2,1-2H3,(H,25,32)(H,26,34);1H4/t20-,21-;17-,19-;16-,17-;/m000./s1. The second-order valence-corrected chi connectivity index (χ2v) is 26.4. The number of nitrogens with one attached hydrogen (secondary N) is 6. The molecular weight excluding hydrogens is 1540 g/mol. The topological polar surface area (TPSA) is 493 Å². The number of fused-ring (bicyclic) bond motifs is 3. The summed E-state index contributed by atoms with van der Waals surface area (Å²) in [6, 6.07) is 26.2. The lowest BCUT2D eigenvalue weighted by atomic mass is 10.1.